The fourth-order valence-corrected chi connectivity index (χ4v) is 2.61. The van der Waals surface area contributed by atoms with Crippen LogP contribution in [0.15, 0.2) is 18.5 Å². The molecule has 0 atom stereocenters. The average Bonchev–Trinajstić information content (AvgIpc) is 2.67. The van der Waals surface area contributed by atoms with E-state index >= 15 is 0 Å². The van der Waals surface area contributed by atoms with Crippen LogP contribution in [0.3, 0.4) is 0 Å². The van der Waals surface area contributed by atoms with Gasteiger partial charge in [0.2, 0.25) is 10.0 Å². The Balaban J connectivity index is 2.13. The van der Waals surface area contributed by atoms with Crippen molar-refractivity contribution < 1.29 is 8.42 Å². The number of nitrogens with zero attached hydrogens (tertiary/aromatic N) is 4. The van der Waals surface area contributed by atoms with Crippen molar-refractivity contribution in [2.45, 2.75) is 20.3 Å². The minimum Gasteiger partial charge on any atom is -0.250 e. The zero-order valence-corrected chi connectivity index (χ0v) is 11.1. The fraction of sp³-hybridized carbons (Fsp3) is 0.500. The second-order valence-corrected chi connectivity index (χ2v) is 6.24. The molecule has 2 aromatic heterocycles. The van der Waals surface area contributed by atoms with Crippen LogP contribution in [-0.2, 0) is 10.0 Å². The molecule has 0 spiro atoms. The number of anilines is 1. The third-order valence-corrected chi connectivity index (χ3v) is 3.59. The van der Waals surface area contributed by atoms with Gasteiger partial charge in [-0.05, 0) is 18.4 Å². The molecule has 0 unspecified atom stereocenters. The van der Waals surface area contributed by atoms with E-state index in [0.29, 0.717) is 18.1 Å². The van der Waals surface area contributed by atoms with Crippen molar-refractivity contribution in [3.63, 3.8) is 0 Å². The van der Waals surface area contributed by atoms with Crippen LogP contribution in [0.5, 0.6) is 0 Å². The monoisotopic (exact) mass is 269 g/mol. The number of fused-ring (bicyclic) bond motifs is 1. The maximum atomic E-state index is 11.8. The molecule has 7 nitrogen and oxygen atoms in total. The third-order valence-electron chi connectivity index (χ3n) is 2.33. The molecular weight excluding hydrogens is 254 g/mol. The lowest BCUT2D eigenvalue weighted by Gasteiger charge is -2.05. The van der Waals surface area contributed by atoms with Gasteiger partial charge in [-0.3, -0.25) is 0 Å². The van der Waals surface area contributed by atoms with Crippen LogP contribution in [-0.4, -0.2) is 33.8 Å². The molecule has 0 aliphatic carbocycles. The molecule has 2 rings (SSSR count). The molecule has 0 aromatic carbocycles. The quantitative estimate of drug-likeness (QED) is 0.871. The van der Waals surface area contributed by atoms with Gasteiger partial charge >= 0.3 is 0 Å². The first kappa shape index (κ1) is 12.7. The standard InChI is InChI=1S/C10H15N5O2S/c1-8(2)4-7-18(16,17)14-9-12-10-11-5-3-6-15(10)13-9/h3,5-6,8H,4,7H2,1-2H3,(H,13,14). The van der Waals surface area contributed by atoms with Gasteiger partial charge in [-0.25, -0.2) is 22.6 Å². The number of nitrogens with one attached hydrogen (secondary N) is 1. The summed E-state index contributed by atoms with van der Waals surface area (Å²) in [6.07, 6.45) is 3.82. The van der Waals surface area contributed by atoms with Crippen LogP contribution in [0.4, 0.5) is 5.95 Å². The zero-order valence-electron chi connectivity index (χ0n) is 10.2. The first-order valence-corrected chi connectivity index (χ1v) is 7.29. The molecule has 8 heteroatoms. The number of rotatable bonds is 5. The van der Waals surface area contributed by atoms with Crippen LogP contribution in [0.25, 0.3) is 5.78 Å². The molecule has 0 fully saturated rings. The van der Waals surface area contributed by atoms with E-state index in [0.717, 1.165) is 0 Å². The first-order valence-electron chi connectivity index (χ1n) is 5.64. The lowest BCUT2D eigenvalue weighted by Crippen LogP contribution is -2.18. The minimum atomic E-state index is -3.39. The Kier molecular flexibility index (Phi) is 3.46. The van der Waals surface area contributed by atoms with Crippen LogP contribution in [0.2, 0.25) is 0 Å². The molecular formula is C10H15N5O2S. The summed E-state index contributed by atoms with van der Waals surface area (Å²) in [6, 6.07) is 1.69. The average molecular weight is 269 g/mol. The highest BCUT2D eigenvalue weighted by Gasteiger charge is 2.14. The number of hydrogen-bond acceptors (Lipinski definition) is 5. The maximum Gasteiger partial charge on any atom is 0.258 e. The van der Waals surface area contributed by atoms with Crippen molar-refractivity contribution in [1.82, 2.24) is 19.6 Å². The molecule has 98 valence electrons. The van der Waals surface area contributed by atoms with E-state index in [4.69, 9.17) is 0 Å². The molecule has 1 N–H and O–H groups in total. The highest BCUT2D eigenvalue weighted by atomic mass is 32.2. The lowest BCUT2D eigenvalue weighted by atomic mass is 10.2. The Morgan fingerprint density at radius 2 is 2.22 bits per heavy atom. The molecule has 2 aromatic rings. The SMILES string of the molecule is CC(C)CCS(=O)(=O)Nc1nc2ncccn2n1. The molecule has 0 aliphatic rings. The van der Waals surface area contributed by atoms with E-state index in [9.17, 15) is 8.42 Å². The Morgan fingerprint density at radius 1 is 1.44 bits per heavy atom. The molecule has 18 heavy (non-hydrogen) atoms. The van der Waals surface area contributed by atoms with Gasteiger partial charge in [-0.2, -0.15) is 4.98 Å². The van der Waals surface area contributed by atoms with Crippen LogP contribution >= 0.6 is 0 Å². The normalized spacial score (nSPS) is 12.2. The van der Waals surface area contributed by atoms with Crippen molar-refractivity contribution in [3.8, 4) is 0 Å². The summed E-state index contributed by atoms with van der Waals surface area (Å²) in [6.45, 7) is 3.95. The van der Waals surface area contributed by atoms with Gasteiger partial charge in [-0.1, -0.05) is 13.8 Å². The van der Waals surface area contributed by atoms with Crippen molar-refractivity contribution in [3.05, 3.63) is 18.5 Å². The summed E-state index contributed by atoms with van der Waals surface area (Å²) >= 11 is 0. The van der Waals surface area contributed by atoms with Gasteiger partial charge in [-0.15, -0.1) is 5.10 Å². The zero-order chi connectivity index (χ0) is 13.2. The van der Waals surface area contributed by atoms with Gasteiger partial charge in [0.05, 0.1) is 5.75 Å². The topological polar surface area (TPSA) is 89.2 Å². The fourth-order valence-electron chi connectivity index (χ4n) is 1.36. The van der Waals surface area contributed by atoms with Gasteiger partial charge in [0.25, 0.3) is 11.7 Å². The summed E-state index contributed by atoms with van der Waals surface area (Å²) < 4.78 is 27.3. The summed E-state index contributed by atoms with van der Waals surface area (Å²) in [7, 11) is -3.39. The molecule has 0 aliphatic heterocycles. The van der Waals surface area contributed by atoms with Gasteiger partial charge in [0, 0.05) is 12.4 Å². The van der Waals surface area contributed by atoms with Gasteiger partial charge in [0.15, 0.2) is 0 Å². The van der Waals surface area contributed by atoms with E-state index in [1.807, 2.05) is 13.8 Å². The van der Waals surface area contributed by atoms with Crippen molar-refractivity contribution in [1.29, 1.82) is 0 Å². The first-order chi connectivity index (χ1) is 8.46. The van der Waals surface area contributed by atoms with E-state index in [1.54, 1.807) is 18.5 Å². The van der Waals surface area contributed by atoms with E-state index in [2.05, 4.69) is 19.8 Å². The molecule has 0 radical (unpaired) electrons. The molecule has 2 heterocycles. The molecule has 0 saturated heterocycles. The van der Waals surface area contributed by atoms with Crippen molar-refractivity contribution in [2.24, 2.45) is 5.92 Å². The predicted octanol–water partition coefficient (Wildman–Crippen LogP) is 0.912. The second kappa shape index (κ2) is 4.89. The Bertz CT molecular complexity index is 602. The minimum absolute atomic E-state index is 0.0532. The number of aromatic nitrogens is 4. The molecule has 0 saturated carbocycles. The Morgan fingerprint density at radius 3 is 2.89 bits per heavy atom. The predicted molar refractivity (Wildman–Crippen MR) is 67.6 cm³/mol. The Hall–Kier alpha value is -1.70. The van der Waals surface area contributed by atoms with Crippen LogP contribution < -0.4 is 4.72 Å². The van der Waals surface area contributed by atoms with Crippen LogP contribution in [0.1, 0.15) is 20.3 Å². The number of sulfonamides is 1. The third kappa shape index (κ3) is 3.16. The van der Waals surface area contributed by atoms with Gasteiger partial charge in [0.1, 0.15) is 0 Å². The van der Waals surface area contributed by atoms with E-state index in [1.165, 1.54) is 4.52 Å². The largest absolute Gasteiger partial charge is 0.258 e. The van der Waals surface area contributed by atoms with E-state index < -0.39 is 10.0 Å². The highest BCUT2D eigenvalue weighted by Crippen LogP contribution is 2.07. The maximum absolute atomic E-state index is 11.8. The van der Waals surface area contributed by atoms with Gasteiger partial charge < -0.3 is 0 Å². The lowest BCUT2D eigenvalue weighted by molar-refractivity contribution is 0.577. The second-order valence-electron chi connectivity index (χ2n) is 4.40. The number of hydrogen-bond donors (Lipinski definition) is 1. The molecule has 0 bridgehead atoms. The summed E-state index contributed by atoms with van der Waals surface area (Å²) in [5, 5.41) is 3.98. The highest BCUT2D eigenvalue weighted by molar-refractivity contribution is 7.92. The van der Waals surface area contributed by atoms with Crippen molar-refractivity contribution >= 4 is 21.7 Å². The molecule has 0 amide bonds. The summed E-state index contributed by atoms with van der Waals surface area (Å²) in [5.74, 6) is 0.807. The van der Waals surface area contributed by atoms with E-state index in [-0.39, 0.29) is 11.7 Å². The summed E-state index contributed by atoms with van der Waals surface area (Å²) in [5.41, 5.74) is 0. The summed E-state index contributed by atoms with van der Waals surface area (Å²) in [4.78, 5) is 7.94. The Labute approximate surface area is 105 Å². The van der Waals surface area contributed by atoms with Crippen LogP contribution in [0, 0.1) is 5.92 Å². The van der Waals surface area contributed by atoms with Crippen molar-refractivity contribution in [2.75, 3.05) is 10.5 Å². The smallest absolute Gasteiger partial charge is 0.250 e.